The van der Waals surface area contributed by atoms with Crippen LogP contribution < -0.4 is 4.90 Å². The number of hydrogen-bond acceptors (Lipinski definition) is 3. The van der Waals surface area contributed by atoms with Crippen LogP contribution in [-0.2, 0) is 5.88 Å². The first-order valence-electron chi connectivity index (χ1n) is 6.13. The number of piperazine rings is 1. The second-order valence-electron chi connectivity index (χ2n) is 4.65. The molecule has 8 heteroatoms. The van der Waals surface area contributed by atoms with Gasteiger partial charge in [-0.2, -0.15) is 13.2 Å². The van der Waals surface area contributed by atoms with E-state index < -0.39 is 12.7 Å². The molecule has 1 fully saturated rings. The zero-order valence-electron chi connectivity index (χ0n) is 10.6. The lowest BCUT2D eigenvalue weighted by Gasteiger charge is -2.36. The maximum absolute atomic E-state index is 12.3. The molecule has 0 amide bonds. The summed E-state index contributed by atoms with van der Waals surface area (Å²) in [6.07, 6.45) is -2.47. The van der Waals surface area contributed by atoms with Crippen LogP contribution in [-0.4, -0.2) is 48.8 Å². The van der Waals surface area contributed by atoms with Crippen LogP contribution in [0.3, 0.4) is 0 Å². The second kappa shape index (κ2) is 6.49. The van der Waals surface area contributed by atoms with Gasteiger partial charge in [0.2, 0.25) is 0 Å². The molecule has 0 aromatic carbocycles. The van der Waals surface area contributed by atoms with E-state index in [-0.39, 0.29) is 0 Å². The zero-order chi connectivity index (χ0) is 14.8. The smallest absolute Gasteiger partial charge is 0.354 e. The SMILES string of the molecule is FC(F)(F)CN1CCN(c2ncc(Br)cc2CCl)CC1. The molecule has 1 aromatic heterocycles. The molecule has 1 aromatic rings. The Morgan fingerprint density at radius 2 is 1.90 bits per heavy atom. The second-order valence-corrected chi connectivity index (χ2v) is 5.83. The summed E-state index contributed by atoms with van der Waals surface area (Å²) in [4.78, 5) is 7.72. The summed E-state index contributed by atoms with van der Waals surface area (Å²) < 4.78 is 37.8. The topological polar surface area (TPSA) is 19.4 Å². The summed E-state index contributed by atoms with van der Waals surface area (Å²) in [7, 11) is 0. The standard InChI is InChI=1S/C12H14BrClF3N3/c13-10-5-9(6-14)11(18-7-10)20-3-1-19(2-4-20)8-12(15,16)17/h5,7H,1-4,6,8H2. The molecule has 112 valence electrons. The molecule has 2 rings (SSSR count). The van der Waals surface area contributed by atoms with Crippen molar-refractivity contribution in [2.75, 3.05) is 37.6 Å². The van der Waals surface area contributed by atoms with Crippen LogP contribution in [0, 0.1) is 0 Å². The van der Waals surface area contributed by atoms with Gasteiger partial charge in [-0.15, -0.1) is 11.6 Å². The van der Waals surface area contributed by atoms with Crippen LogP contribution in [0.1, 0.15) is 5.56 Å². The number of anilines is 1. The predicted octanol–water partition coefficient (Wildman–Crippen LogP) is 3.27. The summed E-state index contributed by atoms with van der Waals surface area (Å²) >= 11 is 9.22. The first-order valence-corrected chi connectivity index (χ1v) is 7.46. The van der Waals surface area contributed by atoms with Crippen LogP contribution in [0.4, 0.5) is 19.0 Å². The first-order chi connectivity index (χ1) is 9.39. The van der Waals surface area contributed by atoms with E-state index in [2.05, 4.69) is 20.9 Å². The fourth-order valence-electron chi connectivity index (χ4n) is 2.23. The lowest BCUT2D eigenvalue weighted by atomic mass is 10.2. The lowest BCUT2D eigenvalue weighted by molar-refractivity contribution is -0.146. The van der Waals surface area contributed by atoms with Crippen molar-refractivity contribution in [3.8, 4) is 0 Å². The molecular weight excluding hydrogens is 359 g/mol. The Kier molecular flexibility index (Phi) is 5.14. The van der Waals surface area contributed by atoms with E-state index in [1.807, 2.05) is 11.0 Å². The van der Waals surface area contributed by atoms with Gasteiger partial charge in [-0.05, 0) is 22.0 Å². The van der Waals surface area contributed by atoms with Gasteiger partial charge in [0, 0.05) is 42.4 Å². The van der Waals surface area contributed by atoms with E-state index in [0.717, 1.165) is 15.9 Å². The van der Waals surface area contributed by atoms with Gasteiger partial charge in [0.05, 0.1) is 12.4 Å². The quantitative estimate of drug-likeness (QED) is 0.759. The fraction of sp³-hybridized carbons (Fsp3) is 0.583. The van der Waals surface area contributed by atoms with Crippen LogP contribution in [0.2, 0.25) is 0 Å². The maximum atomic E-state index is 12.3. The minimum atomic E-state index is -4.14. The molecule has 0 spiro atoms. The van der Waals surface area contributed by atoms with Crippen molar-refractivity contribution in [2.24, 2.45) is 0 Å². The number of aromatic nitrogens is 1. The third-order valence-electron chi connectivity index (χ3n) is 3.13. The molecule has 0 unspecified atom stereocenters. The Balaban J connectivity index is 2.00. The van der Waals surface area contributed by atoms with Crippen molar-refractivity contribution in [3.63, 3.8) is 0 Å². The summed E-state index contributed by atoms with van der Waals surface area (Å²) in [6.45, 7) is 0.943. The molecule has 0 saturated carbocycles. The molecule has 20 heavy (non-hydrogen) atoms. The predicted molar refractivity (Wildman–Crippen MR) is 76.2 cm³/mol. The number of halogens is 5. The maximum Gasteiger partial charge on any atom is 0.401 e. The molecule has 0 aliphatic carbocycles. The van der Waals surface area contributed by atoms with Crippen molar-refractivity contribution in [2.45, 2.75) is 12.1 Å². The number of rotatable bonds is 3. The fourth-order valence-corrected chi connectivity index (χ4v) is 2.80. The third kappa shape index (κ3) is 4.23. The van der Waals surface area contributed by atoms with Gasteiger partial charge in [-0.3, -0.25) is 4.90 Å². The van der Waals surface area contributed by atoms with E-state index in [4.69, 9.17) is 11.6 Å². The van der Waals surface area contributed by atoms with Gasteiger partial charge in [0.15, 0.2) is 0 Å². The molecule has 0 radical (unpaired) electrons. The number of pyridine rings is 1. The summed E-state index contributed by atoms with van der Waals surface area (Å²) in [5, 5.41) is 0. The Morgan fingerprint density at radius 1 is 1.25 bits per heavy atom. The van der Waals surface area contributed by atoms with Gasteiger partial charge < -0.3 is 4.90 Å². The minimum Gasteiger partial charge on any atom is -0.354 e. The summed E-state index contributed by atoms with van der Waals surface area (Å²) in [6, 6.07) is 1.89. The number of hydrogen-bond donors (Lipinski definition) is 0. The van der Waals surface area contributed by atoms with Gasteiger partial charge in [-0.1, -0.05) is 0 Å². The summed E-state index contributed by atoms with van der Waals surface area (Å²) in [5.74, 6) is 1.08. The van der Waals surface area contributed by atoms with Crippen molar-refractivity contribution in [1.82, 2.24) is 9.88 Å². The van der Waals surface area contributed by atoms with Gasteiger partial charge in [0.25, 0.3) is 0 Å². The molecule has 0 N–H and O–H groups in total. The Labute approximate surface area is 128 Å². The molecule has 1 aliphatic heterocycles. The molecule has 3 nitrogen and oxygen atoms in total. The largest absolute Gasteiger partial charge is 0.401 e. The van der Waals surface area contributed by atoms with E-state index in [1.165, 1.54) is 4.90 Å². The average Bonchev–Trinajstić information content (AvgIpc) is 2.38. The van der Waals surface area contributed by atoms with E-state index >= 15 is 0 Å². The van der Waals surface area contributed by atoms with Gasteiger partial charge in [0.1, 0.15) is 5.82 Å². The Hall–Kier alpha value is -0.530. The summed E-state index contributed by atoms with van der Waals surface area (Å²) in [5.41, 5.74) is 0.880. The van der Waals surface area contributed by atoms with Crippen LogP contribution in [0.25, 0.3) is 0 Å². The van der Waals surface area contributed by atoms with E-state index in [9.17, 15) is 13.2 Å². The van der Waals surface area contributed by atoms with Gasteiger partial charge in [-0.25, -0.2) is 4.98 Å². The van der Waals surface area contributed by atoms with E-state index in [1.54, 1.807) is 6.20 Å². The van der Waals surface area contributed by atoms with Crippen molar-refractivity contribution < 1.29 is 13.2 Å². The average molecular weight is 373 g/mol. The molecule has 2 heterocycles. The highest BCUT2D eigenvalue weighted by Crippen LogP contribution is 2.25. The highest BCUT2D eigenvalue weighted by atomic mass is 79.9. The normalized spacial score (nSPS) is 17.6. The Morgan fingerprint density at radius 3 is 2.45 bits per heavy atom. The molecule has 0 atom stereocenters. The molecule has 1 aliphatic rings. The van der Waals surface area contributed by atoms with Crippen LogP contribution >= 0.6 is 27.5 Å². The van der Waals surface area contributed by atoms with Crippen molar-refractivity contribution >= 4 is 33.3 Å². The minimum absolute atomic E-state index is 0.324. The van der Waals surface area contributed by atoms with Crippen LogP contribution in [0.15, 0.2) is 16.7 Å². The molecule has 1 saturated heterocycles. The molecule has 0 bridgehead atoms. The molecular formula is C12H14BrClF3N3. The highest BCUT2D eigenvalue weighted by Gasteiger charge is 2.32. The number of alkyl halides is 4. The van der Waals surface area contributed by atoms with Crippen LogP contribution in [0.5, 0.6) is 0 Å². The van der Waals surface area contributed by atoms with Crippen molar-refractivity contribution in [1.29, 1.82) is 0 Å². The van der Waals surface area contributed by atoms with Crippen molar-refractivity contribution in [3.05, 3.63) is 22.3 Å². The Bertz CT molecular complexity index is 462. The monoisotopic (exact) mass is 371 g/mol. The highest BCUT2D eigenvalue weighted by molar-refractivity contribution is 9.10. The first kappa shape index (κ1) is 15.9. The van der Waals surface area contributed by atoms with E-state index in [0.29, 0.717) is 32.1 Å². The third-order valence-corrected chi connectivity index (χ3v) is 3.85. The zero-order valence-corrected chi connectivity index (χ0v) is 13.0. The lowest BCUT2D eigenvalue weighted by Crippen LogP contribution is -2.49. The van der Waals surface area contributed by atoms with Gasteiger partial charge >= 0.3 is 6.18 Å². The number of nitrogens with zero attached hydrogens (tertiary/aromatic N) is 3.